The van der Waals surface area contributed by atoms with E-state index in [4.69, 9.17) is 5.73 Å². The number of hydrogen-bond donors (Lipinski definition) is 1. The van der Waals surface area contributed by atoms with Gasteiger partial charge in [-0.3, -0.25) is 9.69 Å². The minimum Gasteiger partial charge on any atom is -0.399 e. The lowest BCUT2D eigenvalue weighted by molar-refractivity contribution is -0.132. The molecule has 0 aromatic heterocycles. The fraction of sp³-hybridized carbons (Fsp3) is 0.381. The molecule has 1 fully saturated rings. The third-order valence-corrected chi connectivity index (χ3v) is 4.95. The highest BCUT2D eigenvalue weighted by molar-refractivity contribution is 5.85. The van der Waals surface area contributed by atoms with Crippen molar-refractivity contribution in [3.05, 3.63) is 65.7 Å². The van der Waals surface area contributed by atoms with Crippen LogP contribution in [0.4, 0.5) is 5.69 Å². The number of rotatable bonds is 6. The summed E-state index contributed by atoms with van der Waals surface area (Å²) in [6, 6.07) is 18.4. The summed E-state index contributed by atoms with van der Waals surface area (Å²) in [6.07, 6.45) is 2.33. The minimum atomic E-state index is 0. The zero-order valence-corrected chi connectivity index (χ0v) is 17.2. The Labute approximate surface area is 174 Å². The molecule has 27 heavy (non-hydrogen) atoms. The minimum absolute atomic E-state index is 0. The number of benzene rings is 2. The fourth-order valence-electron chi connectivity index (χ4n) is 3.31. The van der Waals surface area contributed by atoms with E-state index in [-0.39, 0.29) is 30.7 Å². The van der Waals surface area contributed by atoms with Gasteiger partial charge in [0, 0.05) is 44.8 Å². The van der Waals surface area contributed by atoms with E-state index in [9.17, 15) is 4.79 Å². The van der Waals surface area contributed by atoms with Gasteiger partial charge in [-0.25, -0.2) is 0 Å². The Morgan fingerprint density at radius 3 is 2.15 bits per heavy atom. The Morgan fingerprint density at radius 2 is 1.48 bits per heavy atom. The first-order valence-corrected chi connectivity index (χ1v) is 9.10. The highest BCUT2D eigenvalue weighted by Gasteiger charge is 2.20. The first-order chi connectivity index (χ1) is 12.2. The predicted octanol–water partition coefficient (Wildman–Crippen LogP) is 3.43. The average molecular weight is 410 g/mol. The van der Waals surface area contributed by atoms with Crippen LogP contribution < -0.4 is 5.73 Å². The second kappa shape index (κ2) is 11.9. The summed E-state index contributed by atoms with van der Waals surface area (Å²) in [5, 5.41) is 0. The van der Waals surface area contributed by atoms with E-state index < -0.39 is 0 Å². The number of nitrogen functional groups attached to an aromatic ring is 1. The molecule has 2 aromatic carbocycles. The molecule has 4 nitrogen and oxygen atoms in total. The van der Waals surface area contributed by atoms with Crippen molar-refractivity contribution in [2.75, 3.05) is 38.5 Å². The number of carbonyl (C=O) groups excluding carboxylic acids is 1. The van der Waals surface area contributed by atoms with Crippen molar-refractivity contribution in [2.45, 2.75) is 19.3 Å². The lowest BCUT2D eigenvalue weighted by atomic mass is 10.1. The molecule has 6 heteroatoms. The molecule has 1 heterocycles. The zero-order chi connectivity index (χ0) is 17.5. The Balaban J connectivity index is 0.00000182. The second-order valence-electron chi connectivity index (χ2n) is 6.66. The molecule has 0 unspecified atom stereocenters. The fourth-order valence-corrected chi connectivity index (χ4v) is 3.31. The van der Waals surface area contributed by atoms with E-state index in [1.165, 1.54) is 5.56 Å². The molecule has 2 aromatic rings. The summed E-state index contributed by atoms with van der Waals surface area (Å²) >= 11 is 0. The number of amides is 1. The van der Waals surface area contributed by atoms with Crippen LogP contribution in [0.2, 0.25) is 0 Å². The van der Waals surface area contributed by atoms with Gasteiger partial charge in [0.05, 0.1) is 0 Å². The summed E-state index contributed by atoms with van der Waals surface area (Å²) in [6.45, 7) is 4.65. The van der Waals surface area contributed by atoms with Crippen LogP contribution >= 0.6 is 24.8 Å². The van der Waals surface area contributed by atoms with Crippen molar-refractivity contribution in [3.63, 3.8) is 0 Å². The van der Waals surface area contributed by atoms with E-state index in [0.717, 1.165) is 56.8 Å². The molecule has 1 saturated heterocycles. The number of anilines is 1. The number of carbonyl (C=O) groups is 1. The van der Waals surface area contributed by atoms with E-state index in [1.54, 1.807) is 0 Å². The van der Waals surface area contributed by atoms with Gasteiger partial charge in [0.1, 0.15) is 0 Å². The van der Waals surface area contributed by atoms with Crippen molar-refractivity contribution < 1.29 is 4.79 Å². The normalized spacial score (nSPS) is 14.1. The van der Waals surface area contributed by atoms with Crippen molar-refractivity contribution in [1.29, 1.82) is 0 Å². The van der Waals surface area contributed by atoms with Gasteiger partial charge in [-0.2, -0.15) is 0 Å². The third-order valence-electron chi connectivity index (χ3n) is 4.95. The standard InChI is InChI=1S/C21H27N3O.2ClH/c22-20-9-5-4-8-19(20)10-11-21(25)24-16-14-23(15-17-24)13-12-18-6-2-1-3-7-18;;/h1-9H,10-17,22H2;2*1H. The van der Waals surface area contributed by atoms with Gasteiger partial charge in [-0.1, -0.05) is 48.5 Å². The second-order valence-corrected chi connectivity index (χ2v) is 6.66. The molecule has 148 valence electrons. The summed E-state index contributed by atoms with van der Waals surface area (Å²) < 4.78 is 0. The maximum Gasteiger partial charge on any atom is 0.222 e. The first-order valence-electron chi connectivity index (χ1n) is 9.10. The Kier molecular flexibility index (Phi) is 10.2. The lowest BCUT2D eigenvalue weighted by Crippen LogP contribution is -2.49. The average Bonchev–Trinajstić information content (AvgIpc) is 2.67. The maximum atomic E-state index is 12.4. The molecule has 3 rings (SSSR count). The maximum absolute atomic E-state index is 12.4. The number of piperazine rings is 1. The van der Waals surface area contributed by atoms with Crippen molar-refractivity contribution in [3.8, 4) is 0 Å². The number of halogens is 2. The van der Waals surface area contributed by atoms with Crippen LogP contribution in [0.25, 0.3) is 0 Å². The number of nitrogens with two attached hydrogens (primary N) is 1. The van der Waals surface area contributed by atoms with Crippen LogP contribution in [0.3, 0.4) is 0 Å². The highest BCUT2D eigenvalue weighted by Crippen LogP contribution is 2.14. The Hall–Kier alpha value is -1.75. The highest BCUT2D eigenvalue weighted by atomic mass is 35.5. The van der Waals surface area contributed by atoms with Gasteiger partial charge >= 0.3 is 0 Å². The molecule has 0 spiro atoms. The SMILES string of the molecule is Cl.Cl.Nc1ccccc1CCC(=O)N1CCN(CCc2ccccc2)CC1. The molecule has 0 radical (unpaired) electrons. The van der Waals surface area contributed by atoms with Crippen LogP contribution in [0.15, 0.2) is 54.6 Å². The quantitative estimate of drug-likeness (QED) is 0.743. The van der Waals surface area contributed by atoms with Crippen molar-refractivity contribution >= 4 is 36.4 Å². The van der Waals surface area contributed by atoms with Gasteiger partial charge in [0.2, 0.25) is 5.91 Å². The predicted molar refractivity (Wildman–Crippen MR) is 117 cm³/mol. The van der Waals surface area contributed by atoms with Gasteiger partial charge in [0.15, 0.2) is 0 Å². The van der Waals surface area contributed by atoms with E-state index in [0.29, 0.717) is 6.42 Å². The molecule has 0 aliphatic carbocycles. The summed E-state index contributed by atoms with van der Waals surface area (Å²) in [7, 11) is 0. The van der Waals surface area contributed by atoms with Gasteiger partial charge in [-0.15, -0.1) is 24.8 Å². The smallest absolute Gasteiger partial charge is 0.222 e. The molecule has 2 N–H and O–H groups in total. The van der Waals surface area contributed by atoms with Crippen LogP contribution in [0.5, 0.6) is 0 Å². The molecular formula is C21H29Cl2N3O. The third kappa shape index (κ3) is 7.06. The summed E-state index contributed by atoms with van der Waals surface area (Å²) in [5.74, 6) is 0.242. The van der Waals surface area contributed by atoms with E-state index >= 15 is 0 Å². The molecule has 0 bridgehead atoms. The van der Waals surface area contributed by atoms with E-state index in [1.807, 2.05) is 29.2 Å². The van der Waals surface area contributed by atoms with Gasteiger partial charge in [-0.05, 0) is 30.0 Å². The summed E-state index contributed by atoms with van der Waals surface area (Å²) in [4.78, 5) is 16.9. The molecule has 1 amide bonds. The number of nitrogens with zero attached hydrogens (tertiary/aromatic N) is 2. The van der Waals surface area contributed by atoms with Crippen molar-refractivity contribution in [2.24, 2.45) is 0 Å². The van der Waals surface area contributed by atoms with Gasteiger partial charge < -0.3 is 10.6 Å². The number of para-hydroxylation sites is 1. The largest absolute Gasteiger partial charge is 0.399 e. The van der Waals surface area contributed by atoms with Crippen LogP contribution in [-0.2, 0) is 17.6 Å². The van der Waals surface area contributed by atoms with E-state index in [2.05, 4.69) is 35.2 Å². The lowest BCUT2D eigenvalue weighted by Gasteiger charge is -2.34. The van der Waals surface area contributed by atoms with Crippen LogP contribution in [0, 0.1) is 0 Å². The molecule has 1 aliphatic rings. The Bertz CT molecular complexity index is 689. The Morgan fingerprint density at radius 1 is 0.852 bits per heavy atom. The van der Waals surface area contributed by atoms with Crippen LogP contribution in [-0.4, -0.2) is 48.4 Å². The first kappa shape index (κ1) is 23.3. The van der Waals surface area contributed by atoms with Crippen LogP contribution in [0.1, 0.15) is 17.5 Å². The molecule has 0 saturated carbocycles. The topological polar surface area (TPSA) is 49.6 Å². The summed E-state index contributed by atoms with van der Waals surface area (Å²) in [5.41, 5.74) is 9.18. The molecule has 1 aliphatic heterocycles. The molecule has 0 atom stereocenters. The van der Waals surface area contributed by atoms with Gasteiger partial charge in [0.25, 0.3) is 0 Å². The van der Waals surface area contributed by atoms with Crippen molar-refractivity contribution in [1.82, 2.24) is 9.80 Å². The monoisotopic (exact) mass is 409 g/mol. The number of hydrogen-bond acceptors (Lipinski definition) is 3. The zero-order valence-electron chi connectivity index (χ0n) is 15.5. The molecular weight excluding hydrogens is 381 g/mol. The number of aryl methyl sites for hydroxylation is 1.